The Morgan fingerprint density at radius 3 is 2.17 bits per heavy atom. The van der Waals surface area contributed by atoms with Gasteiger partial charge in [0.05, 0.1) is 0 Å². The number of carbonyl (C=O) groups excluding carboxylic acids is 2. The van der Waals surface area contributed by atoms with Gasteiger partial charge in [0.25, 0.3) is 5.91 Å². The second kappa shape index (κ2) is 11.3. The van der Waals surface area contributed by atoms with Crippen molar-refractivity contribution in [2.24, 2.45) is 0 Å². The van der Waals surface area contributed by atoms with E-state index >= 15 is 0 Å². The molecule has 0 radical (unpaired) electrons. The van der Waals surface area contributed by atoms with E-state index in [9.17, 15) is 14.0 Å². The summed E-state index contributed by atoms with van der Waals surface area (Å²) >= 11 is 0. The lowest BCUT2D eigenvalue weighted by Gasteiger charge is -2.29. The first-order valence-corrected chi connectivity index (χ1v) is 10.4. The summed E-state index contributed by atoms with van der Waals surface area (Å²) in [4.78, 5) is 27.1. The van der Waals surface area contributed by atoms with Crippen LogP contribution in [0.2, 0.25) is 0 Å². The van der Waals surface area contributed by atoms with Gasteiger partial charge in [0.15, 0.2) is 6.61 Å². The van der Waals surface area contributed by atoms with Crippen LogP contribution in [0.25, 0.3) is 0 Å². The van der Waals surface area contributed by atoms with Crippen LogP contribution in [0.1, 0.15) is 45.2 Å². The van der Waals surface area contributed by atoms with Gasteiger partial charge in [-0.05, 0) is 62.1 Å². The number of halogens is 1. The van der Waals surface area contributed by atoms with Gasteiger partial charge in [-0.15, -0.1) is 0 Å². The zero-order chi connectivity index (χ0) is 22.1. The van der Waals surface area contributed by atoms with Crippen molar-refractivity contribution in [2.75, 3.05) is 6.61 Å². The highest BCUT2D eigenvalue weighted by molar-refractivity contribution is 5.88. The first-order chi connectivity index (χ1) is 14.3. The number of aryl methyl sites for hydroxylation is 1. The lowest BCUT2D eigenvalue weighted by atomic mass is 10.1. The van der Waals surface area contributed by atoms with E-state index in [1.165, 1.54) is 22.6 Å². The van der Waals surface area contributed by atoms with Gasteiger partial charge in [-0.1, -0.05) is 38.1 Å². The van der Waals surface area contributed by atoms with E-state index in [1.54, 1.807) is 19.1 Å². The largest absolute Gasteiger partial charge is 0.484 e. The molecule has 0 bridgehead atoms. The zero-order valence-corrected chi connectivity index (χ0v) is 18.2. The average Bonchev–Trinajstić information content (AvgIpc) is 2.76. The molecule has 2 atom stereocenters. The summed E-state index contributed by atoms with van der Waals surface area (Å²) in [5.74, 6) is -0.296. The van der Waals surface area contributed by atoms with E-state index in [0.29, 0.717) is 5.75 Å². The maximum absolute atomic E-state index is 13.2. The Hall–Kier alpha value is -2.89. The molecule has 2 aromatic carbocycles. The van der Waals surface area contributed by atoms with Crippen LogP contribution in [0.4, 0.5) is 4.39 Å². The molecule has 1 N–H and O–H groups in total. The quantitative estimate of drug-likeness (QED) is 0.637. The fraction of sp³-hybridized carbons (Fsp3) is 0.417. The van der Waals surface area contributed by atoms with Gasteiger partial charge >= 0.3 is 0 Å². The monoisotopic (exact) mass is 414 g/mol. The van der Waals surface area contributed by atoms with Crippen LogP contribution in [0.5, 0.6) is 5.75 Å². The van der Waals surface area contributed by atoms with Gasteiger partial charge in [0, 0.05) is 12.6 Å². The summed E-state index contributed by atoms with van der Waals surface area (Å²) in [5.41, 5.74) is 1.92. The van der Waals surface area contributed by atoms with Crippen LogP contribution in [0.3, 0.4) is 0 Å². The van der Waals surface area contributed by atoms with Crippen LogP contribution in [0.15, 0.2) is 48.5 Å². The van der Waals surface area contributed by atoms with E-state index in [0.717, 1.165) is 18.4 Å². The number of hydrogen-bond donors (Lipinski definition) is 1. The third-order valence-corrected chi connectivity index (χ3v) is 5.13. The molecule has 5 nitrogen and oxygen atoms in total. The highest BCUT2D eigenvalue weighted by Crippen LogP contribution is 2.15. The molecule has 2 aromatic rings. The Balaban J connectivity index is 2.12. The van der Waals surface area contributed by atoms with E-state index in [4.69, 9.17) is 4.74 Å². The minimum Gasteiger partial charge on any atom is -0.484 e. The van der Waals surface area contributed by atoms with E-state index in [2.05, 4.69) is 12.2 Å². The number of benzene rings is 2. The second-order valence-corrected chi connectivity index (χ2v) is 7.43. The van der Waals surface area contributed by atoms with Crippen LogP contribution >= 0.6 is 0 Å². The molecule has 0 fully saturated rings. The van der Waals surface area contributed by atoms with Crippen molar-refractivity contribution in [3.63, 3.8) is 0 Å². The molecule has 0 spiro atoms. The smallest absolute Gasteiger partial charge is 0.261 e. The fourth-order valence-electron chi connectivity index (χ4n) is 2.88. The SMILES string of the molecule is CCc1ccc(OCC(=O)N(Cc2ccc(F)cc2)[C@@H](C)C(=O)N[C@@H](C)CC)cc1. The van der Waals surface area contributed by atoms with Gasteiger partial charge in [-0.3, -0.25) is 9.59 Å². The van der Waals surface area contributed by atoms with Crippen molar-refractivity contribution in [1.29, 1.82) is 0 Å². The molecule has 0 aromatic heterocycles. The van der Waals surface area contributed by atoms with Crippen LogP contribution < -0.4 is 10.1 Å². The first kappa shape index (κ1) is 23.4. The van der Waals surface area contributed by atoms with Crippen LogP contribution in [-0.4, -0.2) is 35.4 Å². The third kappa shape index (κ3) is 6.87. The predicted octanol–water partition coefficient (Wildman–Crippen LogP) is 4.10. The lowest BCUT2D eigenvalue weighted by molar-refractivity contribution is -0.142. The first-order valence-electron chi connectivity index (χ1n) is 10.4. The summed E-state index contributed by atoms with van der Waals surface area (Å²) in [7, 11) is 0. The summed E-state index contributed by atoms with van der Waals surface area (Å²) < 4.78 is 18.9. The van der Waals surface area contributed by atoms with Gasteiger partial charge in [0.1, 0.15) is 17.6 Å². The molecule has 0 saturated carbocycles. The number of ether oxygens (including phenoxy) is 1. The minimum atomic E-state index is -0.692. The average molecular weight is 415 g/mol. The standard InChI is InChI=1S/C24H31FN2O3/c1-5-17(3)26-24(29)18(4)27(15-20-7-11-21(25)12-8-20)23(28)16-30-22-13-9-19(6-2)10-14-22/h7-14,17-18H,5-6,15-16H2,1-4H3,(H,26,29)/t17-,18-/m0/s1. The van der Waals surface area contributed by atoms with Crippen molar-refractivity contribution < 1.29 is 18.7 Å². The molecule has 2 rings (SSSR count). The molecule has 0 aliphatic heterocycles. The summed E-state index contributed by atoms with van der Waals surface area (Å²) in [5, 5.41) is 2.91. The van der Waals surface area contributed by atoms with Crippen molar-refractivity contribution in [3.05, 3.63) is 65.5 Å². The molecule has 2 amide bonds. The normalized spacial score (nSPS) is 12.7. The number of nitrogens with one attached hydrogen (secondary N) is 1. The Kier molecular flexibility index (Phi) is 8.84. The molecule has 0 saturated heterocycles. The molecule has 0 heterocycles. The highest BCUT2D eigenvalue weighted by atomic mass is 19.1. The molecule has 0 aliphatic rings. The molecule has 0 aliphatic carbocycles. The molecule has 0 unspecified atom stereocenters. The van der Waals surface area contributed by atoms with Crippen molar-refractivity contribution >= 4 is 11.8 Å². The minimum absolute atomic E-state index is 0.0102. The van der Waals surface area contributed by atoms with E-state index < -0.39 is 6.04 Å². The lowest BCUT2D eigenvalue weighted by Crippen LogP contribution is -2.50. The molecule has 6 heteroatoms. The van der Waals surface area contributed by atoms with Crippen molar-refractivity contribution in [3.8, 4) is 5.75 Å². The van der Waals surface area contributed by atoms with Crippen LogP contribution in [-0.2, 0) is 22.6 Å². The Labute approximate surface area is 178 Å². The van der Waals surface area contributed by atoms with Crippen LogP contribution in [0, 0.1) is 5.82 Å². The second-order valence-electron chi connectivity index (χ2n) is 7.43. The van der Waals surface area contributed by atoms with Gasteiger partial charge in [-0.25, -0.2) is 4.39 Å². The molecular formula is C24H31FN2O3. The maximum atomic E-state index is 13.2. The van der Waals surface area contributed by atoms with Gasteiger partial charge in [-0.2, -0.15) is 0 Å². The maximum Gasteiger partial charge on any atom is 0.261 e. The Bertz CT molecular complexity index is 821. The predicted molar refractivity (Wildman–Crippen MR) is 116 cm³/mol. The van der Waals surface area contributed by atoms with E-state index in [-0.39, 0.29) is 36.8 Å². The number of amides is 2. The zero-order valence-electron chi connectivity index (χ0n) is 18.2. The third-order valence-electron chi connectivity index (χ3n) is 5.13. The highest BCUT2D eigenvalue weighted by Gasteiger charge is 2.27. The molecule has 30 heavy (non-hydrogen) atoms. The number of carbonyl (C=O) groups is 2. The summed E-state index contributed by atoms with van der Waals surface area (Å²) in [6.07, 6.45) is 1.72. The summed E-state index contributed by atoms with van der Waals surface area (Å²) in [6.45, 7) is 7.65. The Morgan fingerprint density at radius 2 is 1.60 bits per heavy atom. The summed E-state index contributed by atoms with van der Waals surface area (Å²) in [6, 6.07) is 12.8. The number of rotatable bonds is 10. The van der Waals surface area contributed by atoms with Crippen molar-refractivity contribution in [2.45, 2.75) is 59.2 Å². The van der Waals surface area contributed by atoms with Gasteiger partial charge < -0.3 is 15.0 Å². The topological polar surface area (TPSA) is 58.6 Å². The number of hydrogen-bond acceptors (Lipinski definition) is 3. The van der Waals surface area contributed by atoms with Gasteiger partial charge in [0.2, 0.25) is 5.91 Å². The van der Waals surface area contributed by atoms with Crippen molar-refractivity contribution in [1.82, 2.24) is 10.2 Å². The Morgan fingerprint density at radius 1 is 1.00 bits per heavy atom. The fourth-order valence-corrected chi connectivity index (χ4v) is 2.88. The molecular weight excluding hydrogens is 383 g/mol. The molecule has 162 valence electrons. The number of nitrogens with zero attached hydrogens (tertiary/aromatic N) is 1. The van der Waals surface area contributed by atoms with E-state index in [1.807, 2.05) is 38.1 Å².